The molecule has 1 aromatic carbocycles. The fourth-order valence-electron chi connectivity index (χ4n) is 2.72. The first-order valence-corrected chi connectivity index (χ1v) is 7.69. The molecule has 0 saturated heterocycles. The maximum Gasteiger partial charge on any atom is 0.0720 e. The number of hydrogen-bond acceptors (Lipinski definition) is 3. The Balaban J connectivity index is 0.00000220. The van der Waals surface area contributed by atoms with E-state index in [9.17, 15) is 5.11 Å². The van der Waals surface area contributed by atoms with Gasteiger partial charge in [-0.3, -0.25) is 0 Å². The van der Waals surface area contributed by atoms with Crippen LogP contribution in [0.2, 0.25) is 0 Å². The predicted molar refractivity (Wildman–Crippen MR) is 88.8 cm³/mol. The molecule has 1 atom stereocenters. The molecule has 1 aliphatic carbocycles. The monoisotopic (exact) mass is 313 g/mol. The van der Waals surface area contributed by atoms with E-state index in [4.69, 9.17) is 4.74 Å². The molecule has 4 heteroatoms. The highest BCUT2D eigenvalue weighted by atomic mass is 35.5. The van der Waals surface area contributed by atoms with Gasteiger partial charge in [-0.05, 0) is 30.7 Å². The van der Waals surface area contributed by atoms with E-state index in [1.807, 2.05) is 18.2 Å². The third-order valence-electron chi connectivity index (χ3n) is 3.87. The topological polar surface area (TPSA) is 41.5 Å². The predicted octanol–water partition coefficient (Wildman–Crippen LogP) is 3.15. The Kier molecular flexibility index (Phi) is 8.27. The smallest absolute Gasteiger partial charge is 0.0720 e. The molecule has 3 nitrogen and oxygen atoms in total. The van der Waals surface area contributed by atoms with Crippen LogP contribution in [0.15, 0.2) is 30.3 Å². The highest BCUT2D eigenvalue weighted by molar-refractivity contribution is 5.85. The van der Waals surface area contributed by atoms with Crippen molar-refractivity contribution in [1.82, 2.24) is 5.32 Å². The molecule has 1 fully saturated rings. The first kappa shape index (κ1) is 18.4. The van der Waals surface area contributed by atoms with Crippen LogP contribution in [0.5, 0.6) is 0 Å². The Morgan fingerprint density at radius 3 is 2.48 bits per heavy atom. The zero-order valence-electron chi connectivity index (χ0n) is 13.0. The summed E-state index contributed by atoms with van der Waals surface area (Å²) >= 11 is 0. The molecule has 0 bridgehead atoms. The molecule has 0 radical (unpaired) electrons. The average Bonchev–Trinajstić information content (AvgIpc) is 2.40. The number of aliphatic hydroxyl groups is 1. The zero-order chi connectivity index (χ0) is 14.4. The van der Waals surface area contributed by atoms with Crippen LogP contribution in [0.25, 0.3) is 0 Å². The summed E-state index contributed by atoms with van der Waals surface area (Å²) < 4.78 is 5.89. The molecule has 1 saturated carbocycles. The van der Waals surface area contributed by atoms with E-state index in [0.717, 1.165) is 19.3 Å². The highest BCUT2D eigenvalue weighted by Gasteiger charge is 2.31. The lowest BCUT2D eigenvalue weighted by Gasteiger charge is -2.38. The van der Waals surface area contributed by atoms with E-state index in [2.05, 4.69) is 31.3 Å². The lowest BCUT2D eigenvalue weighted by molar-refractivity contribution is -0.0306. The Bertz CT molecular complexity index is 380. The average molecular weight is 314 g/mol. The van der Waals surface area contributed by atoms with E-state index >= 15 is 0 Å². The molecular weight excluding hydrogens is 286 g/mol. The standard InChI is InChI=1S/C17H27NO2.ClH/c1-13(2)8-16(11-19)18-15-9-17(10-15)20-12-14-6-4-3-5-7-14;/h3-7,13,15-19H,8-12H2,1-2H3;1H/t15?,16-,17?;/m1./s1. The summed E-state index contributed by atoms with van der Waals surface area (Å²) in [5, 5.41) is 12.9. The molecule has 2 rings (SSSR count). The van der Waals surface area contributed by atoms with Crippen molar-refractivity contribution in [3.05, 3.63) is 35.9 Å². The van der Waals surface area contributed by atoms with Gasteiger partial charge in [-0.25, -0.2) is 0 Å². The van der Waals surface area contributed by atoms with E-state index in [-0.39, 0.29) is 25.1 Å². The summed E-state index contributed by atoms with van der Waals surface area (Å²) in [5.74, 6) is 0.616. The molecule has 0 amide bonds. The molecule has 0 spiro atoms. The van der Waals surface area contributed by atoms with Gasteiger partial charge in [0.15, 0.2) is 0 Å². The van der Waals surface area contributed by atoms with Crippen LogP contribution in [-0.2, 0) is 11.3 Å². The second-order valence-electron chi connectivity index (χ2n) is 6.26. The summed E-state index contributed by atoms with van der Waals surface area (Å²) in [5.41, 5.74) is 1.23. The molecule has 0 aromatic heterocycles. The van der Waals surface area contributed by atoms with Crippen molar-refractivity contribution in [3.63, 3.8) is 0 Å². The van der Waals surface area contributed by atoms with Crippen LogP contribution in [0.3, 0.4) is 0 Å². The quantitative estimate of drug-likeness (QED) is 0.774. The number of hydrogen-bond donors (Lipinski definition) is 2. The number of ether oxygens (including phenoxy) is 1. The zero-order valence-corrected chi connectivity index (χ0v) is 13.8. The summed E-state index contributed by atoms with van der Waals surface area (Å²) in [6.07, 6.45) is 3.51. The van der Waals surface area contributed by atoms with Crippen molar-refractivity contribution < 1.29 is 9.84 Å². The van der Waals surface area contributed by atoms with Gasteiger partial charge in [-0.15, -0.1) is 12.4 Å². The van der Waals surface area contributed by atoms with Gasteiger partial charge in [0.05, 0.1) is 19.3 Å². The van der Waals surface area contributed by atoms with Crippen LogP contribution in [0.4, 0.5) is 0 Å². The van der Waals surface area contributed by atoms with Crippen LogP contribution < -0.4 is 5.32 Å². The highest BCUT2D eigenvalue weighted by Crippen LogP contribution is 2.25. The second kappa shape index (κ2) is 9.42. The Morgan fingerprint density at radius 2 is 1.90 bits per heavy atom. The van der Waals surface area contributed by atoms with Crippen molar-refractivity contribution >= 4 is 12.4 Å². The third kappa shape index (κ3) is 6.35. The van der Waals surface area contributed by atoms with Gasteiger partial charge in [0, 0.05) is 12.1 Å². The van der Waals surface area contributed by atoms with Crippen LogP contribution in [0.1, 0.15) is 38.7 Å². The largest absolute Gasteiger partial charge is 0.395 e. The molecule has 120 valence electrons. The maximum absolute atomic E-state index is 9.37. The molecule has 2 N–H and O–H groups in total. The van der Waals surface area contributed by atoms with E-state index < -0.39 is 0 Å². The minimum Gasteiger partial charge on any atom is -0.395 e. The molecular formula is C17H28ClNO2. The molecule has 0 heterocycles. The molecule has 0 aliphatic heterocycles. The van der Waals surface area contributed by atoms with Crippen molar-refractivity contribution in [2.24, 2.45) is 5.92 Å². The minimum absolute atomic E-state index is 0. The van der Waals surface area contributed by atoms with Crippen molar-refractivity contribution in [2.75, 3.05) is 6.61 Å². The lowest BCUT2D eigenvalue weighted by atomic mass is 9.88. The Hall–Kier alpha value is -0.610. The second-order valence-corrected chi connectivity index (χ2v) is 6.26. The third-order valence-corrected chi connectivity index (χ3v) is 3.87. The summed E-state index contributed by atoms with van der Waals surface area (Å²) in [4.78, 5) is 0. The normalized spacial score (nSPS) is 22.5. The lowest BCUT2D eigenvalue weighted by Crippen LogP contribution is -2.50. The minimum atomic E-state index is 0. The van der Waals surface area contributed by atoms with Gasteiger partial charge >= 0.3 is 0 Å². The van der Waals surface area contributed by atoms with E-state index in [0.29, 0.717) is 24.7 Å². The van der Waals surface area contributed by atoms with E-state index in [1.165, 1.54) is 5.56 Å². The first-order valence-electron chi connectivity index (χ1n) is 7.69. The number of nitrogens with one attached hydrogen (secondary N) is 1. The Labute approximate surface area is 134 Å². The van der Waals surface area contributed by atoms with Crippen molar-refractivity contribution in [3.8, 4) is 0 Å². The van der Waals surface area contributed by atoms with Gasteiger partial charge < -0.3 is 15.2 Å². The van der Waals surface area contributed by atoms with Gasteiger partial charge in [0.1, 0.15) is 0 Å². The Morgan fingerprint density at radius 1 is 1.24 bits per heavy atom. The van der Waals surface area contributed by atoms with Crippen LogP contribution in [-0.4, -0.2) is 29.9 Å². The molecule has 0 unspecified atom stereocenters. The maximum atomic E-state index is 9.37. The summed E-state index contributed by atoms with van der Waals surface area (Å²) in [6.45, 7) is 5.31. The number of aliphatic hydroxyl groups excluding tert-OH is 1. The molecule has 1 aromatic rings. The summed E-state index contributed by atoms with van der Waals surface area (Å²) in [7, 11) is 0. The van der Waals surface area contributed by atoms with Gasteiger partial charge in [-0.1, -0.05) is 44.2 Å². The molecule has 1 aliphatic rings. The molecule has 21 heavy (non-hydrogen) atoms. The number of benzene rings is 1. The van der Waals surface area contributed by atoms with Crippen LogP contribution >= 0.6 is 12.4 Å². The van der Waals surface area contributed by atoms with Gasteiger partial charge in [0.25, 0.3) is 0 Å². The van der Waals surface area contributed by atoms with E-state index in [1.54, 1.807) is 0 Å². The van der Waals surface area contributed by atoms with Crippen LogP contribution in [0, 0.1) is 5.92 Å². The van der Waals surface area contributed by atoms with Gasteiger partial charge in [-0.2, -0.15) is 0 Å². The van der Waals surface area contributed by atoms with Crippen molar-refractivity contribution in [2.45, 2.75) is 57.9 Å². The number of rotatable bonds is 8. The fourth-order valence-corrected chi connectivity index (χ4v) is 2.72. The van der Waals surface area contributed by atoms with Crippen molar-refractivity contribution in [1.29, 1.82) is 0 Å². The van der Waals surface area contributed by atoms with Gasteiger partial charge in [0.2, 0.25) is 0 Å². The summed E-state index contributed by atoms with van der Waals surface area (Å²) in [6, 6.07) is 11.0. The fraction of sp³-hybridized carbons (Fsp3) is 0.647. The number of halogens is 1. The SMILES string of the molecule is CC(C)C[C@H](CO)NC1CC(OCc2ccccc2)C1.Cl. The first-order chi connectivity index (χ1) is 9.67.